The van der Waals surface area contributed by atoms with Gasteiger partial charge in [-0.25, -0.2) is 0 Å². The standard InChI is InChI=1S/C15H21NO4/c17-14(16-8-11-3-1-2-6-20-11)12-9-4-5-10(7-9)13(12)15(18)19/h4-5,9-13H,1-3,6-8H2,(H,16,17)(H,18,19). The number of carboxylic acids is 1. The Morgan fingerprint density at radius 2 is 1.95 bits per heavy atom. The van der Waals surface area contributed by atoms with E-state index in [9.17, 15) is 14.7 Å². The van der Waals surface area contributed by atoms with Gasteiger partial charge in [-0.2, -0.15) is 0 Å². The summed E-state index contributed by atoms with van der Waals surface area (Å²) in [5, 5.41) is 12.2. The molecule has 1 saturated heterocycles. The van der Waals surface area contributed by atoms with E-state index in [0.717, 1.165) is 32.3 Å². The molecule has 1 amide bonds. The molecule has 110 valence electrons. The Morgan fingerprint density at radius 3 is 2.60 bits per heavy atom. The molecule has 2 aliphatic carbocycles. The van der Waals surface area contributed by atoms with Crippen molar-refractivity contribution in [2.75, 3.05) is 13.2 Å². The van der Waals surface area contributed by atoms with E-state index in [1.807, 2.05) is 12.2 Å². The number of rotatable bonds is 4. The van der Waals surface area contributed by atoms with Crippen molar-refractivity contribution in [1.29, 1.82) is 0 Å². The van der Waals surface area contributed by atoms with E-state index >= 15 is 0 Å². The Morgan fingerprint density at radius 1 is 1.20 bits per heavy atom. The van der Waals surface area contributed by atoms with Crippen LogP contribution in [0, 0.1) is 23.7 Å². The number of allylic oxidation sites excluding steroid dienone is 2. The van der Waals surface area contributed by atoms with E-state index in [0.29, 0.717) is 6.54 Å². The van der Waals surface area contributed by atoms with Crippen molar-refractivity contribution in [2.24, 2.45) is 23.7 Å². The molecule has 0 aromatic rings. The summed E-state index contributed by atoms with van der Waals surface area (Å²) in [7, 11) is 0. The number of hydrogen-bond donors (Lipinski definition) is 2. The van der Waals surface area contributed by atoms with Crippen LogP contribution in [0.4, 0.5) is 0 Å². The third-order valence-electron chi connectivity index (χ3n) is 4.83. The molecule has 0 aromatic carbocycles. The van der Waals surface area contributed by atoms with Crippen molar-refractivity contribution in [1.82, 2.24) is 5.32 Å². The number of hydrogen-bond acceptors (Lipinski definition) is 3. The first-order valence-corrected chi connectivity index (χ1v) is 7.47. The fourth-order valence-corrected chi connectivity index (χ4v) is 3.82. The monoisotopic (exact) mass is 279 g/mol. The van der Waals surface area contributed by atoms with Gasteiger partial charge in [0.05, 0.1) is 17.9 Å². The molecule has 0 spiro atoms. The summed E-state index contributed by atoms with van der Waals surface area (Å²) in [6.07, 6.45) is 8.04. The van der Waals surface area contributed by atoms with Crippen LogP contribution in [0.15, 0.2) is 12.2 Å². The maximum atomic E-state index is 12.3. The van der Waals surface area contributed by atoms with Gasteiger partial charge in [0.15, 0.2) is 0 Å². The number of amides is 1. The van der Waals surface area contributed by atoms with Crippen molar-refractivity contribution in [3.63, 3.8) is 0 Å². The number of carbonyl (C=O) groups excluding carboxylic acids is 1. The van der Waals surface area contributed by atoms with Crippen LogP contribution in [0.3, 0.4) is 0 Å². The average molecular weight is 279 g/mol. The molecule has 5 nitrogen and oxygen atoms in total. The van der Waals surface area contributed by atoms with Crippen LogP contribution < -0.4 is 5.32 Å². The summed E-state index contributed by atoms with van der Waals surface area (Å²) in [6.45, 7) is 1.26. The Bertz CT molecular complexity index is 428. The van der Waals surface area contributed by atoms with E-state index in [-0.39, 0.29) is 23.8 Å². The summed E-state index contributed by atoms with van der Waals surface area (Å²) >= 11 is 0. The predicted molar refractivity (Wildman–Crippen MR) is 72.0 cm³/mol. The van der Waals surface area contributed by atoms with Crippen LogP contribution >= 0.6 is 0 Å². The maximum absolute atomic E-state index is 12.3. The van der Waals surface area contributed by atoms with Crippen LogP contribution in [0.2, 0.25) is 0 Å². The highest BCUT2D eigenvalue weighted by Gasteiger charge is 2.51. The van der Waals surface area contributed by atoms with E-state index < -0.39 is 17.8 Å². The molecule has 1 saturated carbocycles. The molecule has 3 rings (SSSR count). The highest BCUT2D eigenvalue weighted by Crippen LogP contribution is 2.48. The van der Waals surface area contributed by atoms with Gasteiger partial charge in [0.2, 0.25) is 5.91 Å². The third-order valence-corrected chi connectivity index (χ3v) is 4.83. The summed E-state index contributed by atoms with van der Waals surface area (Å²) in [5.74, 6) is -1.82. The van der Waals surface area contributed by atoms with Crippen molar-refractivity contribution < 1.29 is 19.4 Å². The van der Waals surface area contributed by atoms with Gasteiger partial charge in [0.25, 0.3) is 0 Å². The lowest BCUT2D eigenvalue weighted by molar-refractivity contribution is -0.148. The molecule has 5 heteroatoms. The summed E-state index contributed by atoms with van der Waals surface area (Å²) in [5.41, 5.74) is 0. The number of carbonyl (C=O) groups is 2. The van der Waals surface area contributed by atoms with Crippen LogP contribution in [-0.2, 0) is 14.3 Å². The van der Waals surface area contributed by atoms with Gasteiger partial charge in [0.1, 0.15) is 0 Å². The quantitative estimate of drug-likeness (QED) is 0.758. The number of aliphatic carboxylic acids is 1. The fourth-order valence-electron chi connectivity index (χ4n) is 3.82. The van der Waals surface area contributed by atoms with Gasteiger partial charge < -0.3 is 15.2 Å². The zero-order chi connectivity index (χ0) is 14.1. The van der Waals surface area contributed by atoms with Crippen LogP contribution in [0.5, 0.6) is 0 Å². The Labute approximate surface area is 118 Å². The largest absolute Gasteiger partial charge is 0.481 e. The minimum absolute atomic E-state index is 0.0270. The Hall–Kier alpha value is -1.36. The molecule has 1 aliphatic heterocycles. The van der Waals surface area contributed by atoms with E-state index in [1.165, 1.54) is 0 Å². The SMILES string of the molecule is O=C(O)C1C2C=CC(C2)C1C(=O)NCC1CCCCO1. The van der Waals surface area contributed by atoms with Crippen molar-refractivity contribution in [3.05, 3.63) is 12.2 Å². The van der Waals surface area contributed by atoms with Crippen molar-refractivity contribution >= 4 is 11.9 Å². The Kier molecular flexibility index (Phi) is 3.78. The lowest BCUT2D eigenvalue weighted by Gasteiger charge is -2.26. The summed E-state index contributed by atoms with van der Waals surface area (Å²) in [4.78, 5) is 23.7. The molecule has 20 heavy (non-hydrogen) atoms. The van der Waals surface area contributed by atoms with Gasteiger partial charge >= 0.3 is 5.97 Å². The molecule has 1 heterocycles. The lowest BCUT2D eigenvalue weighted by atomic mass is 9.82. The molecule has 2 fully saturated rings. The van der Waals surface area contributed by atoms with Gasteiger partial charge in [-0.1, -0.05) is 12.2 Å². The second kappa shape index (κ2) is 5.56. The number of carboxylic acid groups (broad SMARTS) is 1. The molecule has 2 N–H and O–H groups in total. The van der Waals surface area contributed by atoms with E-state index in [2.05, 4.69) is 5.32 Å². The second-order valence-corrected chi connectivity index (χ2v) is 6.07. The number of nitrogens with one attached hydrogen (secondary N) is 1. The van der Waals surface area contributed by atoms with Crippen LogP contribution in [-0.4, -0.2) is 36.2 Å². The first-order valence-electron chi connectivity index (χ1n) is 7.47. The number of fused-ring (bicyclic) bond motifs is 2. The van der Waals surface area contributed by atoms with Crippen molar-refractivity contribution in [3.8, 4) is 0 Å². The molecule has 3 aliphatic rings. The Balaban J connectivity index is 1.58. The highest BCUT2D eigenvalue weighted by atomic mass is 16.5. The fraction of sp³-hybridized carbons (Fsp3) is 0.733. The van der Waals surface area contributed by atoms with Crippen LogP contribution in [0.25, 0.3) is 0 Å². The van der Waals surface area contributed by atoms with Gasteiger partial charge in [-0.15, -0.1) is 0 Å². The highest BCUT2D eigenvalue weighted by molar-refractivity contribution is 5.86. The number of ether oxygens (including phenoxy) is 1. The molecule has 5 unspecified atom stereocenters. The lowest BCUT2D eigenvalue weighted by Crippen LogP contribution is -2.43. The first-order chi connectivity index (χ1) is 9.66. The molecular formula is C15H21NO4. The molecule has 0 radical (unpaired) electrons. The van der Waals surface area contributed by atoms with E-state index in [1.54, 1.807) is 0 Å². The molecular weight excluding hydrogens is 258 g/mol. The smallest absolute Gasteiger partial charge is 0.307 e. The maximum Gasteiger partial charge on any atom is 0.307 e. The minimum Gasteiger partial charge on any atom is -0.481 e. The first kappa shape index (κ1) is 13.6. The molecule has 5 atom stereocenters. The predicted octanol–water partition coefficient (Wildman–Crippen LogP) is 1.19. The summed E-state index contributed by atoms with van der Waals surface area (Å²) < 4.78 is 5.58. The van der Waals surface area contributed by atoms with Gasteiger partial charge in [-0.05, 0) is 37.5 Å². The summed E-state index contributed by atoms with van der Waals surface area (Å²) in [6, 6.07) is 0. The third kappa shape index (κ3) is 2.46. The zero-order valence-corrected chi connectivity index (χ0v) is 11.5. The van der Waals surface area contributed by atoms with Gasteiger partial charge in [0, 0.05) is 13.2 Å². The topological polar surface area (TPSA) is 75.6 Å². The molecule has 0 aromatic heterocycles. The average Bonchev–Trinajstić information content (AvgIpc) is 3.06. The van der Waals surface area contributed by atoms with Gasteiger partial charge in [-0.3, -0.25) is 9.59 Å². The van der Waals surface area contributed by atoms with Crippen LogP contribution in [0.1, 0.15) is 25.7 Å². The minimum atomic E-state index is -0.851. The molecule has 2 bridgehead atoms. The van der Waals surface area contributed by atoms with E-state index in [4.69, 9.17) is 4.74 Å². The second-order valence-electron chi connectivity index (χ2n) is 6.07. The normalized spacial score (nSPS) is 38.9. The zero-order valence-electron chi connectivity index (χ0n) is 11.5. The van der Waals surface area contributed by atoms with Crippen molar-refractivity contribution in [2.45, 2.75) is 31.8 Å².